The van der Waals surface area contributed by atoms with Crippen LogP contribution in [0.4, 0.5) is 29.2 Å². The first-order chi connectivity index (χ1) is 16.6. The summed E-state index contributed by atoms with van der Waals surface area (Å²) >= 11 is 0. The van der Waals surface area contributed by atoms with E-state index in [2.05, 4.69) is 25.4 Å². The summed E-state index contributed by atoms with van der Waals surface area (Å²) in [4.78, 5) is 37.1. The minimum absolute atomic E-state index is 0.00294. The van der Waals surface area contributed by atoms with Crippen LogP contribution in [0.15, 0.2) is 36.5 Å². The van der Waals surface area contributed by atoms with Gasteiger partial charge in [0.1, 0.15) is 29.0 Å². The summed E-state index contributed by atoms with van der Waals surface area (Å²) in [6.45, 7) is 0.884. The van der Waals surface area contributed by atoms with Crippen molar-refractivity contribution in [2.45, 2.75) is 24.8 Å². The Kier molecular flexibility index (Phi) is 4.11. The number of carbonyl (C=O) groups is 2. The smallest absolute Gasteiger partial charge is 0.309 e. The number of rotatable bonds is 3. The minimum Gasteiger partial charge on any atom is -0.309 e. The highest BCUT2D eigenvalue weighted by molar-refractivity contribution is 6.16. The van der Waals surface area contributed by atoms with Crippen molar-refractivity contribution in [3.05, 3.63) is 59.3 Å². The molecule has 1 aromatic carbocycles. The summed E-state index contributed by atoms with van der Waals surface area (Å²) in [5.41, 5.74) is -2.28. The number of amides is 2. The Morgan fingerprint density at radius 2 is 1.71 bits per heavy atom. The lowest BCUT2D eigenvalue weighted by molar-refractivity contribution is -0.157. The molecule has 2 N–H and O–H groups in total. The first kappa shape index (κ1) is 21.1. The molecule has 0 aliphatic carbocycles. The second-order valence-electron chi connectivity index (χ2n) is 8.35. The van der Waals surface area contributed by atoms with Gasteiger partial charge in [-0.25, -0.2) is 28.4 Å². The van der Waals surface area contributed by atoms with Crippen LogP contribution in [0.2, 0.25) is 0 Å². The third-order valence-corrected chi connectivity index (χ3v) is 6.28. The number of aromatic nitrogens is 5. The molecule has 5 heterocycles. The normalized spacial score (nSPS) is 20.0. The first-order valence-corrected chi connectivity index (χ1v) is 10.3. The molecule has 0 unspecified atom stereocenters. The van der Waals surface area contributed by atoms with E-state index in [-0.39, 0.29) is 51.9 Å². The van der Waals surface area contributed by atoms with Crippen LogP contribution in [0.25, 0.3) is 22.6 Å². The van der Waals surface area contributed by atoms with E-state index in [1.165, 1.54) is 16.8 Å². The summed E-state index contributed by atoms with van der Waals surface area (Å²) in [5.74, 6) is -8.71. The summed E-state index contributed by atoms with van der Waals surface area (Å²) in [6, 6.07) is 7.13. The van der Waals surface area contributed by atoms with E-state index in [0.29, 0.717) is 0 Å². The Balaban J connectivity index is 1.55. The zero-order chi connectivity index (χ0) is 24.7. The second-order valence-corrected chi connectivity index (χ2v) is 8.35. The van der Waals surface area contributed by atoms with E-state index in [1.807, 2.05) is 5.32 Å². The van der Waals surface area contributed by atoms with E-state index in [9.17, 15) is 27.2 Å². The molecule has 6 rings (SSSR count). The fourth-order valence-electron chi connectivity index (χ4n) is 4.38. The van der Waals surface area contributed by atoms with E-state index in [0.717, 1.165) is 19.2 Å². The molecule has 2 aliphatic heterocycles. The van der Waals surface area contributed by atoms with Crippen molar-refractivity contribution in [2.75, 3.05) is 10.6 Å². The number of alkyl halides is 2. The van der Waals surface area contributed by atoms with Crippen molar-refractivity contribution >= 4 is 34.5 Å². The number of nitrogens with zero attached hydrogens (tertiary/aromatic N) is 5. The van der Waals surface area contributed by atoms with Gasteiger partial charge in [0.05, 0.1) is 23.7 Å². The molecular weight excluding hydrogens is 470 g/mol. The number of hydrogen-bond acceptors (Lipinski definition) is 6. The molecule has 0 fully saturated rings. The first-order valence-electron chi connectivity index (χ1n) is 10.3. The van der Waals surface area contributed by atoms with Gasteiger partial charge >= 0.3 is 5.92 Å². The molecule has 2 amide bonds. The van der Waals surface area contributed by atoms with Gasteiger partial charge in [-0.3, -0.25) is 9.59 Å². The monoisotopic (exact) mass is 483 g/mol. The third-order valence-electron chi connectivity index (χ3n) is 6.28. The van der Waals surface area contributed by atoms with Gasteiger partial charge in [-0.15, -0.1) is 0 Å². The van der Waals surface area contributed by atoms with Gasteiger partial charge in [0.25, 0.3) is 5.91 Å². The van der Waals surface area contributed by atoms with Crippen LogP contribution in [-0.4, -0.2) is 42.5 Å². The van der Waals surface area contributed by atoms with Crippen LogP contribution in [-0.2, 0) is 21.5 Å². The molecule has 176 valence electrons. The van der Waals surface area contributed by atoms with E-state index < -0.39 is 34.8 Å². The van der Waals surface area contributed by atoms with Crippen LogP contribution >= 0.6 is 0 Å². The largest absolute Gasteiger partial charge is 0.343 e. The topological polar surface area (TPSA) is 115 Å². The van der Waals surface area contributed by atoms with Gasteiger partial charge in [-0.05, 0) is 19.1 Å². The Hall–Kier alpha value is -4.42. The molecule has 1 atom stereocenters. The summed E-state index contributed by atoms with van der Waals surface area (Å²) in [7, 11) is 0. The van der Waals surface area contributed by atoms with Gasteiger partial charge in [-0.1, -0.05) is 18.2 Å². The van der Waals surface area contributed by atoms with E-state index in [1.54, 1.807) is 12.1 Å². The molecule has 2 aliphatic rings. The fraction of sp³-hybridized carbons (Fsp3) is 0.182. The van der Waals surface area contributed by atoms with Gasteiger partial charge in [-0.2, -0.15) is 13.9 Å². The maximum absolute atomic E-state index is 14.7. The van der Waals surface area contributed by atoms with Crippen molar-refractivity contribution < 1.29 is 27.2 Å². The van der Waals surface area contributed by atoms with Crippen molar-refractivity contribution in [2.24, 2.45) is 0 Å². The Morgan fingerprint density at radius 3 is 2.43 bits per heavy atom. The lowest BCUT2D eigenvalue weighted by Crippen LogP contribution is -2.58. The van der Waals surface area contributed by atoms with Crippen LogP contribution in [0.3, 0.4) is 0 Å². The highest BCUT2D eigenvalue weighted by Gasteiger charge is 2.69. The van der Waals surface area contributed by atoms with Crippen molar-refractivity contribution in [1.82, 2.24) is 24.7 Å². The number of carbonyl (C=O) groups excluding carboxylic acids is 2. The van der Waals surface area contributed by atoms with Crippen molar-refractivity contribution in [1.29, 1.82) is 0 Å². The number of anilines is 2. The highest BCUT2D eigenvalue weighted by atomic mass is 19.3. The third kappa shape index (κ3) is 2.74. The molecule has 0 saturated carbocycles. The van der Waals surface area contributed by atoms with Gasteiger partial charge in [0.15, 0.2) is 16.9 Å². The van der Waals surface area contributed by atoms with Crippen LogP contribution in [0.1, 0.15) is 18.1 Å². The van der Waals surface area contributed by atoms with Gasteiger partial charge in [0.2, 0.25) is 5.91 Å². The molecule has 0 bridgehead atoms. The second kappa shape index (κ2) is 6.81. The maximum Gasteiger partial charge on any atom is 0.343 e. The molecule has 4 aromatic rings. The zero-order valence-electron chi connectivity index (χ0n) is 17.7. The Labute approximate surface area is 193 Å². The van der Waals surface area contributed by atoms with Crippen LogP contribution in [0, 0.1) is 11.6 Å². The van der Waals surface area contributed by atoms with Crippen LogP contribution < -0.4 is 10.6 Å². The molecule has 3 aromatic heterocycles. The summed E-state index contributed by atoms with van der Waals surface area (Å²) in [5, 5.41) is 8.85. The fourth-order valence-corrected chi connectivity index (χ4v) is 4.38. The van der Waals surface area contributed by atoms with E-state index in [4.69, 9.17) is 0 Å². The molecule has 9 nitrogen and oxygen atoms in total. The Morgan fingerprint density at radius 1 is 1.03 bits per heavy atom. The number of hydrogen-bond donors (Lipinski definition) is 2. The average molecular weight is 483 g/mol. The molecule has 0 spiro atoms. The number of pyridine rings is 1. The average Bonchev–Trinajstić information content (AvgIpc) is 3.29. The van der Waals surface area contributed by atoms with Crippen molar-refractivity contribution in [3.8, 4) is 11.5 Å². The summed E-state index contributed by atoms with van der Waals surface area (Å²) in [6.07, 6.45) is 0.965. The lowest BCUT2D eigenvalue weighted by atomic mass is 9.75. The van der Waals surface area contributed by atoms with Gasteiger partial charge in [0, 0.05) is 5.56 Å². The predicted molar refractivity (Wildman–Crippen MR) is 114 cm³/mol. The number of benzene rings is 1. The van der Waals surface area contributed by atoms with Crippen molar-refractivity contribution in [3.63, 3.8) is 0 Å². The lowest BCUT2D eigenvalue weighted by Gasteiger charge is -2.35. The molecule has 13 heteroatoms. The minimum atomic E-state index is -4.04. The zero-order valence-corrected chi connectivity index (χ0v) is 17.7. The maximum atomic E-state index is 14.7. The number of nitrogens with one attached hydrogen (secondary N) is 2. The number of halogens is 4. The highest BCUT2D eigenvalue weighted by Crippen LogP contribution is 2.53. The molecule has 35 heavy (non-hydrogen) atoms. The quantitative estimate of drug-likeness (QED) is 0.433. The SMILES string of the molecule is C[C@]12C(=O)Nc3nc(-c4nn(Cc5ccccc5F)c5ncc(F)cc45)nc(c31)NC(=O)C2(F)F. The van der Waals surface area contributed by atoms with Crippen LogP contribution in [0.5, 0.6) is 0 Å². The Bertz CT molecular complexity index is 1600. The summed E-state index contributed by atoms with van der Waals surface area (Å²) < 4.78 is 59.1. The molecule has 0 saturated heterocycles. The molecular formula is C22H13F4N7O2. The van der Waals surface area contributed by atoms with E-state index >= 15 is 0 Å². The standard InChI is InChI=1S/C22H13F4N7O2/c1-21-13-15(30-19(21)34)28-17(29-16(13)31-20(35)22(21,25)26)14-11-6-10(23)7-27-18(11)33(32-14)8-9-4-2-3-5-12(9)24/h2-7H,8H2,1H3,(H2,28,29,30,31,34,35)/t21-/m1/s1. The predicted octanol–water partition coefficient (Wildman–Crippen LogP) is 3.01. The number of fused-ring (bicyclic) bond motifs is 1. The molecule has 0 radical (unpaired) electrons. The van der Waals surface area contributed by atoms with Gasteiger partial charge < -0.3 is 10.6 Å².